The van der Waals surface area contributed by atoms with Crippen molar-refractivity contribution in [1.82, 2.24) is 5.32 Å². The standard InChI is InChI=1S/C24H16BrFN2O3/c25-18-11-10-15(12-16-6-4-5-9-21(16)26)17(13-18)14-20-22(29)27-24(31)28(23(20)30)19-7-2-1-3-8-19/h1-11,13-14H,12H2,(H,27,29,31)/b20-14+. The van der Waals surface area contributed by atoms with Gasteiger partial charge in [-0.05, 0) is 53.1 Å². The fraction of sp³-hybridized carbons (Fsp3) is 0.0417. The Morgan fingerprint density at radius 1 is 0.903 bits per heavy atom. The SMILES string of the molecule is O=C1NC(=O)N(c2ccccc2)C(=O)/C1=C/c1cc(Br)ccc1Cc1ccccc1F. The van der Waals surface area contributed by atoms with Gasteiger partial charge >= 0.3 is 6.03 Å². The Hall–Kier alpha value is -3.58. The molecular formula is C24H16BrFN2O3. The number of nitrogens with one attached hydrogen (secondary N) is 1. The first-order valence-electron chi connectivity index (χ1n) is 9.42. The van der Waals surface area contributed by atoms with Crippen molar-refractivity contribution in [3.8, 4) is 0 Å². The smallest absolute Gasteiger partial charge is 0.273 e. The highest BCUT2D eigenvalue weighted by Gasteiger charge is 2.36. The number of para-hydroxylation sites is 1. The Bertz CT molecular complexity index is 1220. The van der Waals surface area contributed by atoms with E-state index in [1.54, 1.807) is 66.7 Å². The molecule has 1 aliphatic heterocycles. The van der Waals surface area contributed by atoms with Crippen molar-refractivity contribution in [2.75, 3.05) is 4.90 Å². The molecule has 4 amide bonds. The molecule has 3 aromatic rings. The summed E-state index contributed by atoms with van der Waals surface area (Å²) in [7, 11) is 0. The Morgan fingerprint density at radius 3 is 2.35 bits per heavy atom. The zero-order chi connectivity index (χ0) is 22.0. The van der Waals surface area contributed by atoms with Crippen LogP contribution in [0.4, 0.5) is 14.9 Å². The molecule has 4 rings (SSSR count). The van der Waals surface area contributed by atoms with Gasteiger partial charge in [-0.2, -0.15) is 0 Å². The van der Waals surface area contributed by atoms with E-state index in [1.807, 2.05) is 0 Å². The van der Waals surface area contributed by atoms with Crippen molar-refractivity contribution in [2.45, 2.75) is 6.42 Å². The number of hydrogen-bond donors (Lipinski definition) is 1. The normalized spacial score (nSPS) is 15.4. The van der Waals surface area contributed by atoms with Crippen molar-refractivity contribution < 1.29 is 18.8 Å². The third kappa shape index (κ3) is 4.32. The predicted octanol–water partition coefficient (Wildman–Crippen LogP) is 4.85. The van der Waals surface area contributed by atoms with E-state index in [0.717, 1.165) is 14.9 Å². The van der Waals surface area contributed by atoms with Gasteiger partial charge in [-0.1, -0.05) is 58.4 Å². The first kappa shape index (κ1) is 20.7. The van der Waals surface area contributed by atoms with Gasteiger partial charge < -0.3 is 0 Å². The van der Waals surface area contributed by atoms with Crippen LogP contribution in [-0.2, 0) is 16.0 Å². The van der Waals surface area contributed by atoms with Crippen LogP contribution in [-0.4, -0.2) is 17.8 Å². The van der Waals surface area contributed by atoms with E-state index in [1.165, 1.54) is 12.1 Å². The first-order valence-corrected chi connectivity index (χ1v) is 10.2. The summed E-state index contributed by atoms with van der Waals surface area (Å²) in [5, 5.41) is 2.21. The van der Waals surface area contributed by atoms with Gasteiger partial charge in [-0.25, -0.2) is 14.1 Å². The summed E-state index contributed by atoms with van der Waals surface area (Å²) in [6, 6.07) is 19.3. The molecular weight excluding hydrogens is 463 g/mol. The van der Waals surface area contributed by atoms with E-state index in [4.69, 9.17) is 0 Å². The minimum absolute atomic E-state index is 0.184. The molecule has 154 valence electrons. The summed E-state index contributed by atoms with van der Waals surface area (Å²) in [5.41, 5.74) is 1.95. The quantitative estimate of drug-likeness (QED) is 0.430. The molecule has 1 heterocycles. The highest BCUT2D eigenvalue weighted by atomic mass is 79.9. The van der Waals surface area contributed by atoms with E-state index in [0.29, 0.717) is 16.8 Å². The second-order valence-electron chi connectivity index (χ2n) is 6.90. The maximum atomic E-state index is 14.2. The third-order valence-electron chi connectivity index (χ3n) is 4.86. The van der Waals surface area contributed by atoms with Crippen molar-refractivity contribution >= 4 is 45.5 Å². The Labute approximate surface area is 186 Å². The van der Waals surface area contributed by atoms with Crippen LogP contribution in [0.25, 0.3) is 6.08 Å². The van der Waals surface area contributed by atoms with Gasteiger partial charge in [0.15, 0.2) is 0 Å². The average Bonchev–Trinajstić information content (AvgIpc) is 2.75. The molecule has 0 unspecified atom stereocenters. The van der Waals surface area contributed by atoms with Crippen LogP contribution in [0.3, 0.4) is 0 Å². The Balaban J connectivity index is 1.75. The molecule has 1 saturated heterocycles. The largest absolute Gasteiger partial charge is 0.335 e. The number of benzene rings is 3. The molecule has 1 N–H and O–H groups in total. The van der Waals surface area contributed by atoms with Gasteiger partial charge in [-0.3, -0.25) is 14.9 Å². The summed E-state index contributed by atoms with van der Waals surface area (Å²) in [6.07, 6.45) is 1.71. The minimum Gasteiger partial charge on any atom is -0.273 e. The molecule has 3 aromatic carbocycles. The van der Waals surface area contributed by atoms with Crippen LogP contribution < -0.4 is 10.2 Å². The lowest BCUT2D eigenvalue weighted by Crippen LogP contribution is -2.54. The van der Waals surface area contributed by atoms with Crippen molar-refractivity contribution in [2.24, 2.45) is 0 Å². The molecule has 0 radical (unpaired) electrons. The van der Waals surface area contributed by atoms with Gasteiger partial charge in [0.1, 0.15) is 11.4 Å². The van der Waals surface area contributed by atoms with E-state index >= 15 is 0 Å². The van der Waals surface area contributed by atoms with E-state index in [-0.39, 0.29) is 17.8 Å². The van der Waals surface area contributed by atoms with Crippen LogP contribution in [0.2, 0.25) is 0 Å². The molecule has 0 atom stereocenters. The van der Waals surface area contributed by atoms with Gasteiger partial charge in [0, 0.05) is 10.9 Å². The van der Waals surface area contributed by atoms with Crippen molar-refractivity contribution in [3.05, 3.63) is 105 Å². The number of rotatable bonds is 4. The molecule has 7 heteroatoms. The number of imide groups is 2. The molecule has 5 nitrogen and oxygen atoms in total. The number of halogens is 2. The van der Waals surface area contributed by atoms with Crippen LogP contribution in [0.15, 0.2) is 82.8 Å². The lowest BCUT2D eigenvalue weighted by molar-refractivity contribution is -0.122. The first-order chi connectivity index (χ1) is 14.9. The maximum Gasteiger partial charge on any atom is 0.335 e. The van der Waals surface area contributed by atoms with Crippen LogP contribution in [0.1, 0.15) is 16.7 Å². The minimum atomic E-state index is -0.806. The van der Waals surface area contributed by atoms with Crippen molar-refractivity contribution in [3.63, 3.8) is 0 Å². The number of hydrogen-bond acceptors (Lipinski definition) is 3. The summed E-state index contributed by atoms with van der Waals surface area (Å²) in [5.74, 6) is -1.84. The maximum absolute atomic E-state index is 14.2. The van der Waals surface area contributed by atoms with Gasteiger partial charge in [-0.15, -0.1) is 0 Å². The molecule has 0 bridgehead atoms. The zero-order valence-corrected chi connectivity index (χ0v) is 17.7. The Kier molecular flexibility index (Phi) is 5.77. The molecule has 0 aromatic heterocycles. The van der Waals surface area contributed by atoms with Gasteiger partial charge in [0.05, 0.1) is 5.69 Å². The second kappa shape index (κ2) is 8.65. The molecule has 0 aliphatic carbocycles. The van der Waals surface area contributed by atoms with E-state index in [2.05, 4.69) is 21.2 Å². The number of anilines is 1. The van der Waals surface area contributed by atoms with Gasteiger partial charge in [0.2, 0.25) is 0 Å². The number of barbiturate groups is 1. The predicted molar refractivity (Wildman–Crippen MR) is 119 cm³/mol. The van der Waals surface area contributed by atoms with Crippen LogP contribution in [0.5, 0.6) is 0 Å². The number of carbonyl (C=O) groups excluding carboxylic acids is 3. The lowest BCUT2D eigenvalue weighted by atomic mass is 9.97. The summed E-state index contributed by atoms with van der Waals surface area (Å²) in [6.45, 7) is 0. The summed E-state index contributed by atoms with van der Waals surface area (Å²) >= 11 is 3.40. The Morgan fingerprint density at radius 2 is 1.61 bits per heavy atom. The fourth-order valence-electron chi connectivity index (χ4n) is 3.33. The fourth-order valence-corrected chi connectivity index (χ4v) is 3.71. The third-order valence-corrected chi connectivity index (χ3v) is 5.36. The molecule has 1 aliphatic rings. The van der Waals surface area contributed by atoms with Gasteiger partial charge in [0.25, 0.3) is 11.8 Å². The molecule has 0 saturated carbocycles. The number of nitrogens with zero attached hydrogens (tertiary/aromatic N) is 1. The molecule has 0 spiro atoms. The topological polar surface area (TPSA) is 66.5 Å². The van der Waals surface area contributed by atoms with Crippen LogP contribution in [0, 0.1) is 5.82 Å². The highest BCUT2D eigenvalue weighted by Crippen LogP contribution is 2.26. The number of amides is 4. The summed E-state index contributed by atoms with van der Waals surface area (Å²) in [4.78, 5) is 38.8. The number of carbonyl (C=O) groups is 3. The zero-order valence-electron chi connectivity index (χ0n) is 16.1. The second-order valence-corrected chi connectivity index (χ2v) is 7.82. The average molecular weight is 479 g/mol. The lowest BCUT2D eigenvalue weighted by Gasteiger charge is -2.26. The molecule has 1 fully saturated rings. The summed E-state index contributed by atoms with van der Waals surface area (Å²) < 4.78 is 14.9. The van der Waals surface area contributed by atoms with Crippen LogP contribution >= 0.6 is 15.9 Å². The molecule has 31 heavy (non-hydrogen) atoms. The van der Waals surface area contributed by atoms with Crippen molar-refractivity contribution in [1.29, 1.82) is 0 Å². The highest BCUT2D eigenvalue weighted by molar-refractivity contribution is 9.10. The van der Waals surface area contributed by atoms with E-state index in [9.17, 15) is 18.8 Å². The van der Waals surface area contributed by atoms with E-state index < -0.39 is 17.8 Å². The number of urea groups is 1. The monoisotopic (exact) mass is 478 g/mol.